The summed E-state index contributed by atoms with van der Waals surface area (Å²) in [6.45, 7) is -0.460. The van der Waals surface area contributed by atoms with Gasteiger partial charge in [0.1, 0.15) is 12.4 Å². The molecule has 1 aliphatic carbocycles. The number of sulfonamides is 1. The Hall–Kier alpha value is -2.90. The molecule has 1 amide bonds. The lowest BCUT2D eigenvalue weighted by Crippen LogP contribution is -2.42. The summed E-state index contributed by atoms with van der Waals surface area (Å²) in [6.07, 6.45) is 2.66. The molecule has 5 nitrogen and oxygen atoms in total. The van der Waals surface area contributed by atoms with Gasteiger partial charge in [0, 0.05) is 0 Å². The van der Waals surface area contributed by atoms with Gasteiger partial charge in [-0.05, 0) is 60.7 Å². The number of carbonyl (C=O) groups excluding carboxylic acids is 1. The zero-order chi connectivity index (χ0) is 22.7. The number of hydrogen-bond acceptors (Lipinski definition) is 3. The molecular formula is C24H22ClFN2O3S. The van der Waals surface area contributed by atoms with E-state index in [0.29, 0.717) is 0 Å². The van der Waals surface area contributed by atoms with Gasteiger partial charge in [0.05, 0.1) is 21.6 Å². The summed E-state index contributed by atoms with van der Waals surface area (Å²) >= 11 is 5.91. The van der Waals surface area contributed by atoms with Gasteiger partial charge in [0.2, 0.25) is 5.91 Å². The van der Waals surface area contributed by atoms with Crippen LogP contribution >= 0.6 is 11.6 Å². The predicted molar refractivity (Wildman–Crippen MR) is 123 cm³/mol. The van der Waals surface area contributed by atoms with E-state index in [0.717, 1.165) is 35.2 Å². The van der Waals surface area contributed by atoms with Crippen molar-refractivity contribution in [2.75, 3.05) is 10.8 Å². The number of nitrogens with zero attached hydrogens (tertiary/aromatic N) is 1. The maximum atomic E-state index is 13.7. The molecule has 0 radical (unpaired) electrons. The Morgan fingerprint density at radius 3 is 2.53 bits per heavy atom. The number of amides is 1. The summed E-state index contributed by atoms with van der Waals surface area (Å²) < 4.78 is 41.4. The van der Waals surface area contributed by atoms with Crippen LogP contribution in [0.15, 0.2) is 77.7 Å². The number of benzene rings is 3. The summed E-state index contributed by atoms with van der Waals surface area (Å²) in [5, 5.41) is 2.75. The van der Waals surface area contributed by atoms with E-state index < -0.39 is 28.3 Å². The van der Waals surface area contributed by atoms with Gasteiger partial charge >= 0.3 is 0 Å². The smallest absolute Gasteiger partial charge is 0.264 e. The second kappa shape index (κ2) is 9.30. The molecule has 0 spiro atoms. The summed E-state index contributed by atoms with van der Waals surface area (Å²) in [4.78, 5) is 13.0. The van der Waals surface area contributed by atoms with Crippen molar-refractivity contribution in [3.63, 3.8) is 0 Å². The lowest BCUT2D eigenvalue weighted by atomic mass is 9.88. The van der Waals surface area contributed by atoms with Gasteiger partial charge in [0.25, 0.3) is 10.0 Å². The molecule has 1 unspecified atom stereocenters. The summed E-state index contributed by atoms with van der Waals surface area (Å²) in [6, 6.07) is 19.1. The standard InChI is InChI=1S/C24H22ClFN2O3S/c25-21-15-18(13-14-22(21)26)28(32(30,31)19-9-2-1-3-10-19)16-24(29)27-23-12-6-8-17-7-4-5-11-20(17)23/h1-5,7,9-11,13-15,23H,6,8,12,16H2,(H,27,29). The van der Waals surface area contributed by atoms with Crippen LogP contribution in [0.1, 0.15) is 30.0 Å². The molecule has 32 heavy (non-hydrogen) atoms. The van der Waals surface area contributed by atoms with Gasteiger partial charge in [-0.25, -0.2) is 12.8 Å². The van der Waals surface area contributed by atoms with E-state index in [2.05, 4.69) is 5.32 Å². The Labute approximate surface area is 191 Å². The molecule has 0 heterocycles. The van der Waals surface area contributed by atoms with Crippen molar-refractivity contribution in [3.8, 4) is 0 Å². The fourth-order valence-electron chi connectivity index (χ4n) is 3.95. The van der Waals surface area contributed by atoms with Gasteiger partial charge in [0.15, 0.2) is 0 Å². The van der Waals surface area contributed by atoms with E-state index in [1.54, 1.807) is 18.2 Å². The van der Waals surface area contributed by atoms with E-state index in [9.17, 15) is 17.6 Å². The summed E-state index contributed by atoms with van der Waals surface area (Å²) in [5.41, 5.74) is 2.34. The second-order valence-corrected chi connectivity index (χ2v) is 9.90. The quantitative estimate of drug-likeness (QED) is 0.556. The fraction of sp³-hybridized carbons (Fsp3) is 0.208. The lowest BCUT2D eigenvalue weighted by Gasteiger charge is -2.29. The van der Waals surface area contributed by atoms with Crippen LogP contribution in [0.2, 0.25) is 5.02 Å². The van der Waals surface area contributed by atoms with Gasteiger partial charge in [-0.3, -0.25) is 9.10 Å². The molecule has 3 aromatic carbocycles. The minimum absolute atomic E-state index is 0.0243. The third-order valence-corrected chi connectivity index (χ3v) is 7.59. The van der Waals surface area contributed by atoms with Crippen LogP contribution in [0.4, 0.5) is 10.1 Å². The Kier molecular flexibility index (Phi) is 6.48. The molecule has 1 N–H and O–H groups in total. The molecule has 1 atom stereocenters. The van der Waals surface area contributed by atoms with E-state index >= 15 is 0 Å². The number of carbonyl (C=O) groups is 1. The molecule has 0 saturated carbocycles. The highest BCUT2D eigenvalue weighted by Gasteiger charge is 2.29. The molecule has 0 bridgehead atoms. The van der Waals surface area contributed by atoms with Gasteiger partial charge in [-0.15, -0.1) is 0 Å². The van der Waals surface area contributed by atoms with Crippen molar-refractivity contribution in [2.45, 2.75) is 30.2 Å². The van der Waals surface area contributed by atoms with Crippen molar-refractivity contribution < 1.29 is 17.6 Å². The van der Waals surface area contributed by atoms with E-state index in [4.69, 9.17) is 11.6 Å². The van der Waals surface area contributed by atoms with Crippen molar-refractivity contribution in [2.24, 2.45) is 0 Å². The zero-order valence-electron chi connectivity index (χ0n) is 17.2. The molecule has 0 saturated heterocycles. The first-order chi connectivity index (χ1) is 15.4. The van der Waals surface area contributed by atoms with Gasteiger partial charge < -0.3 is 5.32 Å². The van der Waals surface area contributed by atoms with Crippen LogP contribution < -0.4 is 9.62 Å². The molecule has 166 valence electrons. The normalized spacial score (nSPS) is 15.6. The number of anilines is 1. The first-order valence-electron chi connectivity index (χ1n) is 10.3. The van der Waals surface area contributed by atoms with Crippen LogP contribution in [-0.2, 0) is 21.2 Å². The van der Waals surface area contributed by atoms with Crippen LogP contribution in [-0.4, -0.2) is 20.9 Å². The van der Waals surface area contributed by atoms with E-state index in [1.165, 1.54) is 29.8 Å². The van der Waals surface area contributed by atoms with Crippen LogP contribution in [0, 0.1) is 5.82 Å². The minimum atomic E-state index is -4.09. The largest absolute Gasteiger partial charge is 0.348 e. The topological polar surface area (TPSA) is 66.5 Å². The molecule has 0 fully saturated rings. The van der Waals surface area contributed by atoms with Gasteiger partial charge in [-0.2, -0.15) is 0 Å². The second-order valence-electron chi connectivity index (χ2n) is 7.63. The average molecular weight is 473 g/mol. The van der Waals surface area contributed by atoms with Crippen molar-refractivity contribution in [3.05, 3.63) is 94.8 Å². The van der Waals surface area contributed by atoms with Crippen molar-refractivity contribution >= 4 is 33.2 Å². The van der Waals surface area contributed by atoms with Crippen molar-refractivity contribution in [1.82, 2.24) is 5.32 Å². The summed E-state index contributed by atoms with van der Waals surface area (Å²) in [7, 11) is -4.09. The SMILES string of the molecule is O=C(CN(c1ccc(F)c(Cl)c1)S(=O)(=O)c1ccccc1)NC1CCCc2ccccc21. The molecule has 1 aliphatic rings. The van der Waals surface area contributed by atoms with Crippen molar-refractivity contribution in [1.29, 1.82) is 0 Å². The van der Waals surface area contributed by atoms with Crippen LogP contribution in [0.5, 0.6) is 0 Å². The Bertz CT molecular complexity index is 1240. The molecule has 0 aliphatic heterocycles. The zero-order valence-corrected chi connectivity index (χ0v) is 18.7. The molecule has 0 aromatic heterocycles. The molecular weight excluding hydrogens is 451 g/mol. The third kappa shape index (κ3) is 4.64. The Morgan fingerprint density at radius 2 is 1.78 bits per heavy atom. The monoisotopic (exact) mass is 472 g/mol. The first kappa shape index (κ1) is 22.3. The van der Waals surface area contributed by atoms with E-state index in [1.807, 2.05) is 24.3 Å². The predicted octanol–water partition coefficient (Wildman–Crippen LogP) is 4.87. The first-order valence-corrected chi connectivity index (χ1v) is 12.1. The Morgan fingerprint density at radius 1 is 1.06 bits per heavy atom. The van der Waals surface area contributed by atoms with Crippen LogP contribution in [0.3, 0.4) is 0 Å². The number of nitrogens with one attached hydrogen (secondary N) is 1. The lowest BCUT2D eigenvalue weighted by molar-refractivity contribution is -0.120. The summed E-state index contributed by atoms with van der Waals surface area (Å²) in [5.74, 6) is -1.12. The molecule has 3 aromatic rings. The third-order valence-electron chi connectivity index (χ3n) is 5.51. The number of halogens is 2. The minimum Gasteiger partial charge on any atom is -0.348 e. The highest BCUT2D eigenvalue weighted by molar-refractivity contribution is 7.92. The van der Waals surface area contributed by atoms with Crippen LogP contribution in [0.25, 0.3) is 0 Å². The maximum Gasteiger partial charge on any atom is 0.264 e. The number of fused-ring (bicyclic) bond motifs is 1. The number of aryl methyl sites for hydroxylation is 1. The highest BCUT2D eigenvalue weighted by Crippen LogP contribution is 2.30. The number of hydrogen-bond donors (Lipinski definition) is 1. The highest BCUT2D eigenvalue weighted by atomic mass is 35.5. The fourth-order valence-corrected chi connectivity index (χ4v) is 5.56. The Balaban J connectivity index is 1.64. The average Bonchev–Trinajstić information content (AvgIpc) is 2.80. The van der Waals surface area contributed by atoms with E-state index in [-0.39, 0.29) is 21.6 Å². The molecule has 4 rings (SSSR count). The number of rotatable bonds is 6. The maximum absolute atomic E-state index is 13.7. The van der Waals surface area contributed by atoms with Gasteiger partial charge in [-0.1, -0.05) is 54.1 Å². The molecule has 8 heteroatoms.